The van der Waals surface area contributed by atoms with Gasteiger partial charge in [0.1, 0.15) is 6.10 Å². The smallest absolute Gasteiger partial charge is 0.161 e. The Morgan fingerprint density at radius 3 is 2.71 bits per heavy atom. The highest BCUT2D eigenvalue weighted by molar-refractivity contribution is 7.17. The predicted molar refractivity (Wildman–Crippen MR) is 67.9 cm³/mol. The van der Waals surface area contributed by atoms with Crippen molar-refractivity contribution in [2.75, 3.05) is 0 Å². The van der Waals surface area contributed by atoms with Gasteiger partial charge in [-0.25, -0.2) is 9.97 Å². The average molecular weight is 242 g/mol. The Labute approximate surface area is 102 Å². The summed E-state index contributed by atoms with van der Waals surface area (Å²) in [6.07, 6.45) is 2.51. The fourth-order valence-electron chi connectivity index (χ4n) is 1.82. The molecule has 0 saturated carbocycles. The van der Waals surface area contributed by atoms with Crippen LogP contribution in [-0.2, 0) is 0 Å². The zero-order valence-corrected chi connectivity index (χ0v) is 9.76. The summed E-state index contributed by atoms with van der Waals surface area (Å²) in [5.41, 5.74) is 0.865. The van der Waals surface area contributed by atoms with Gasteiger partial charge in [0, 0.05) is 22.7 Å². The van der Waals surface area contributed by atoms with Crippen LogP contribution >= 0.6 is 11.3 Å². The molecule has 1 aromatic carbocycles. The standard InChI is InChI=1S/C13H10N2OS/c16-11(13-14-6-2-7-15-13)10-4-1-3-9-5-8-17-12(9)10/h1-8,11,16H. The maximum atomic E-state index is 10.3. The molecular formula is C13H10N2OS. The Hall–Kier alpha value is -1.78. The van der Waals surface area contributed by atoms with Gasteiger partial charge in [-0.05, 0) is 22.9 Å². The predicted octanol–water partition coefficient (Wildman–Crippen LogP) is 2.77. The first kappa shape index (κ1) is 10.4. The Morgan fingerprint density at radius 2 is 1.88 bits per heavy atom. The molecule has 1 atom stereocenters. The van der Waals surface area contributed by atoms with Crippen LogP contribution in [0.5, 0.6) is 0 Å². The molecule has 0 fully saturated rings. The number of rotatable bonds is 2. The van der Waals surface area contributed by atoms with Crippen molar-refractivity contribution >= 4 is 21.4 Å². The first-order chi connectivity index (χ1) is 8.36. The number of fused-ring (bicyclic) bond motifs is 1. The number of hydrogen-bond acceptors (Lipinski definition) is 4. The van der Waals surface area contributed by atoms with E-state index < -0.39 is 6.10 Å². The van der Waals surface area contributed by atoms with E-state index in [1.54, 1.807) is 29.8 Å². The third-order valence-corrected chi connectivity index (χ3v) is 3.61. The fraction of sp³-hybridized carbons (Fsp3) is 0.0769. The van der Waals surface area contributed by atoms with Crippen LogP contribution in [0.15, 0.2) is 48.1 Å². The quantitative estimate of drug-likeness (QED) is 0.751. The van der Waals surface area contributed by atoms with Crippen molar-refractivity contribution in [1.82, 2.24) is 9.97 Å². The van der Waals surface area contributed by atoms with E-state index in [2.05, 4.69) is 9.97 Å². The number of aliphatic hydroxyl groups is 1. The summed E-state index contributed by atoms with van der Waals surface area (Å²) in [5.74, 6) is 0.438. The highest BCUT2D eigenvalue weighted by atomic mass is 32.1. The van der Waals surface area contributed by atoms with Crippen LogP contribution in [0.3, 0.4) is 0 Å². The first-order valence-corrected chi connectivity index (χ1v) is 6.15. The van der Waals surface area contributed by atoms with Gasteiger partial charge in [-0.3, -0.25) is 0 Å². The summed E-state index contributed by atoms with van der Waals surface area (Å²) in [6, 6.07) is 9.67. The lowest BCUT2D eigenvalue weighted by Gasteiger charge is -2.10. The van der Waals surface area contributed by atoms with Crippen molar-refractivity contribution in [3.63, 3.8) is 0 Å². The highest BCUT2D eigenvalue weighted by Crippen LogP contribution is 2.30. The van der Waals surface area contributed by atoms with E-state index in [1.165, 1.54) is 0 Å². The molecular weight excluding hydrogens is 232 g/mol. The molecule has 0 aliphatic heterocycles. The number of aromatic nitrogens is 2. The molecule has 0 aliphatic carbocycles. The lowest BCUT2D eigenvalue weighted by Crippen LogP contribution is -2.04. The molecule has 0 amide bonds. The van der Waals surface area contributed by atoms with Crippen LogP contribution in [-0.4, -0.2) is 15.1 Å². The van der Waals surface area contributed by atoms with Crippen molar-refractivity contribution < 1.29 is 5.11 Å². The second-order valence-electron chi connectivity index (χ2n) is 3.70. The van der Waals surface area contributed by atoms with Crippen molar-refractivity contribution in [2.24, 2.45) is 0 Å². The molecule has 2 aromatic heterocycles. The maximum Gasteiger partial charge on any atom is 0.161 e. The molecule has 3 aromatic rings. The normalized spacial score (nSPS) is 12.8. The van der Waals surface area contributed by atoms with Gasteiger partial charge in [-0.1, -0.05) is 18.2 Å². The molecule has 1 unspecified atom stereocenters. The van der Waals surface area contributed by atoms with E-state index in [4.69, 9.17) is 0 Å². The lowest BCUT2D eigenvalue weighted by atomic mass is 10.1. The van der Waals surface area contributed by atoms with Crippen molar-refractivity contribution in [3.05, 3.63) is 59.5 Å². The average Bonchev–Trinajstić information content (AvgIpc) is 2.87. The fourth-order valence-corrected chi connectivity index (χ4v) is 2.76. The molecule has 84 valence electrons. The van der Waals surface area contributed by atoms with Crippen LogP contribution in [0.1, 0.15) is 17.5 Å². The zero-order valence-electron chi connectivity index (χ0n) is 8.95. The minimum atomic E-state index is -0.765. The largest absolute Gasteiger partial charge is 0.380 e. The van der Waals surface area contributed by atoms with Gasteiger partial charge in [0.25, 0.3) is 0 Å². The Kier molecular flexibility index (Phi) is 2.59. The van der Waals surface area contributed by atoms with E-state index in [0.29, 0.717) is 5.82 Å². The Morgan fingerprint density at radius 1 is 1.06 bits per heavy atom. The van der Waals surface area contributed by atoms with Gasteiger partial charge in [-0.2, -0.15) is 0 Å². The third kappa shape index (κ3) is 1.81. The van der Waals surface area contributed by atoms with Gasteiger partial charge in [0.2, 0.25) is 0 Å². The lowest BCUT2D eigenvalue weighted by molar-refractivity contribution is 0.211. The molecule has 0 spiro atoms. The summed E-state index contributed by atoms with van der Waals surface area (Å²) in [4.78, 5) is 8.18. The van der Waals surface area contributed by atoms with E-state index in [0.717, 1.165) is 15.6 Å². The van der Waals surface area contributed by atoms with Gasteiger partial charge in [0.15, 0.2) is 5.82 Å². The first-order valence-electron chi connectivity index (χ1n) is 5.27. The SMILES string of the molecule is OC(c1ncccn1)c1cccc2ccsc12. The number of benzene rings is 1. The van der Waals surface area contributed by atoms with Gasteiger partial charge in [0.05, 0.1) is 0 Å². The summed E-state index contributed by atoms with van der Waals surface area (Å²) >= 11 is 1.62. The molecule has 17 heavy (non-hydrogen) atoms. The summed E-state index contributed by atoms with van der Waals surface area (Å²) in [5, 5.41) is 13.5. The van der Waals surface area contributed by atoms with Gasteiger partial charge in [-0.15, -0.1) is 11.3 Å². The minimum Gasteiger partial charge on any atom is -0.380 e. The van der Waals surface area contributed by atoms with E-state index in [-0.39, 0.29) is 0 Å². The summed E-state index contributed by atoms with van der Waals surface area (Å²) in [6.45, 7) is 0. The molecule has 3 rings (SSSR count). The zero-order chi connectivity index (χ0) is 11.7. The molecule has 0 saturated heterocycles. The van der Waals surface area contributed by atoms with E-state index in [1.807, 2.05) is 29.6 Å². The number of aliphatic hydroxyl groups excluding tert-OH is 1. The number of hydrogen-bond donors (Lipinski definition) is 1. The number of nitrogens with zero attached hydrogens (tertiary/aromatic N) is 2. The molecule has 0 aliphatic rings. The van der Waals surface area contributed by atoms with Crippen LogP contribution in [0, 0.1) is 0 Å². The van der Waals surface area contributed by atoms with Crippen molar-refractivity contribution in [3.8, 4) is 0 Å². The van der Waals surface area contributed by atoms with Crippen molar-refractivity contribution in [2.45, 2.75) is 6.10 Å². The third-order valence-electron chi connectivity index (χ3n) is 2.63. The Balaban J connectivity index is 2.13. The molecule has 1 N–H and O–H groups in total. The summed E-state index contributed by atoms with van der Waals surface area (Å²) in [7, 11) is 0. The van der Waals surface area contributed by atoms with Crippen LogP contribution in [0.2, 0.25) is 0 Å². The molecule has 0 radical (unpaired) electrons. The molecule has 2 heterocycles. The minimum absolute atomic E-state index is 0.438. The second-order valence-corrected chi connectivity index (χ2v) is 4.61. The van der Waals surface area contributed by atoms with Crippen LogP contribution in [0.4, 0.5) is 0 Å². The molecule has 4 heteroatoms. The maximum absolute atomic E-state index is 10.3. The van der Waals surface area contributed by atoms with E-state index in [9.17, 15) is 5.11 Å². The van der Waals surface area contributed by atoms with Gasteiger partial charge < -0.3 is 5.11 Å². The van der Waals surface area contributed by atoms with Crippen LogP contribution in [0.25, 0.3) is 10.1 Å². The van der Waals surface area contributed by atoms with Crippen molar-refractivity contribution in [1.29, 1.82) is 0 Å². The van der Waals surface area contributed by atoms with Gasteiger partial charge >= 0.3 is 0 Å². The highest BCUT2D eigenvalue weighted by Gasteiger charge is 2.16. The van der Waals surface area contributed by atoms with E-state index >= 15 is 0 Å². The molecule has 3 nitrogen and oxygen atoms in total. The second kappa shape index (κ2) is 4.24. The number of thiophene rings is 1. The Bertz CT molecular complexity index is 636. The monoisotopic (exact) mass is 242 g/mol. The topological polar surface area (TPSA) is 46.0 Å². The van der Waals surface area contributed by atoms with Crippen LogP contribution < -0.4 is 0 Å². The summed E-state index contributed by atoms with van der Waals surface area (Å²) < 4.78 is 1.09. The molecule has 0 bridgehead atoms.